The van der Waals surface area contributed by atoms with Crippen LogP contribution in [0.5, 0.6) is 0 Å². The molecule has 0 aliphatic heterocycles. The van der Waals surface area contributed by atoms with E-state index in [1.807, 2.05) is 0 Å². The molecule has 0 aromatic carbocycles. The highest BCUT2D eigenvalue weighted by molar-refractivity contribution is 6.29. The van der Waals surface area contributed by atoms with Crippen molar-refractivity contribution in [1.82, 2.24) is 0 Å². The molecule has 0 heterocycles. The first-order valence-corrected chi connectivity index (χ1v) is 10.6. The van der Waals surface area contributed by atoms with Gasteiger partial charge in [0, 0.05) is 0 Å². The van der Waals surface area contributed by atoms with Crippen molar-refractivity contribution in [3.05, 3.63) is 0 Å². The molecule has 0 saturated carbocycles. The Hall–Kier alpha value is -1.06. The SMILES string of the molecule is CCCCCCCCCCOC(=O)C(=O)OCCCCCCCCC. The van der Waals surface area contributed by atoms with E-state index in [9.17, 15) is 9.59 Å². The number of carbonyl (C=O) groups is 2. The number of hydrogen-bond acceptors (Lipinski definition) is 4. The van der Waals surface area contributed by atoms with E-state index in [1.165, 1.54) is 70.6 Å². The smallest absolute Gasteiger partial charge is 0.417 e. The van der Waals surface area contributed by atoms with E-state index >= 15 is 0 Å². The van der Waals surface area contributed by atoms with Crippen LogP contribution in [0.3, 0.4) is 0 Å². The van der Waals surface area contributed by atoms with Crippen LogP contribution in [0.4, 0.5) is 0 Å². The normalized spacial score (nSPS) is 10.6. The van der Waals surface area contributed by atoms with Crippen molar-refractivity contribution in [1.29, 1.82) is 0 Å². The number of hydrogen-bond donors (Lipinski definition) is 0. The van der Waals surface area contributed by atoms with Crippen LogP contribution in [0.15, 0.2) is 0 Å². The van der Waals surface area contributed by atoms with Crippen LogP contribution < -0.4 is 0 Å². The fourth-order valence-corrected chi connectivity index (χ4v) is 2.74. The third kappa shape index (κ3) is 17.6. The molecular weight excluding hydrogens is 316 g/mol. The minimum Gasteiger partial charge on any atom is -0.457 e. The molecule has 0 amide bonds. The Kier molecular flexibility index (Phi) is 18.5. The van der Waals surface area contributed by atoms with Gasteiger partial charge in [-0.1, -0.05) is 97.3 Å². The average molecular weight is 357 g/mol. The van der Waals surface area contributed by atoms with E-state index in [4.69, 9.17) is 9.47 Å². The lowest BCUT2D eigenvalue weighted by molar-refractivity contribution is -0.167. The first-order chi connectivity index (χ1) is 12.2. The fraction of sp³-hybridized carbons (Fsp3) is 0.905. The topological polar surface area (TPSA) is 52.6 Å². The summed E-state index contributed by atoms with van der Waals surface area (Å²) in [7, 11) is 0. The van der Waals surface area contributed by atoms with Crippen LogP contribution in [0, 0.1) is 0 Å². The molecule has 0 spiro atoms. The summed E-state index contributed by atoms with van der Waals surface area (Å²) in [6, 6.07) is 0. The Labute approximate surface area is 155 Å². The summed E-state index contributed by atoms with van der Waals surface area (Å²) in [5.74, 6) is -1.68. The van der Waals surface area contributed by atoms with Crippen LogP contribution in [-0.2, 0) is 19.1 Å². The molecular formula is C21H40O4. The van der Waals surface area contributed by atoms with Crippen molar-refractivity contribution in [3.8, 4) is 0 Å². The Morgan fingerprint density at radius 3 is 1.08 bits per heavy atom. The highest BCUT2D eigenvalue weighted by Crippen LogP contribution is 2.09. The van der Waals surface area contributed by atoms with Crippen molar-refractivity contribution >= 4 is 11.9 Å². The Balaban J connectivity index is 3.35. The first-order valence-electron chi connectivity index (χ1n) is 10.6. The van der Waals surface area contributed by atoms with Gasteiger partial charge >= 0.3 is 11.9 Å². The van der Waals surface area contributed by atoms with E-state index in [0.717, 1.165) is 25.7 Å². The van der Waals surface area contributed by atoms with Gasteiger partial charge in [-0.25, -0.2) is 9.59 Å². The number of rotatable bonds is 17. The lowest BCUT2D eigenvalue weighted by atomic mass is 10.1. The zero-order chi connectivity index (χ0) is 18.6. The molecule has 0 radical (unpaired) electrons. The Morgan fingerprint density at radius 2 is 0.760 bits per heavy atom. The molecule has 0 bridgehead atoms. The molecule has 0 unspecified atom stereocenters. The van der Waals surface area contributed by atoms with Crippen LogP contribution in [0.25, 0.3) is 0 Å². The van der Waals surface area contributed by atoms with Gasteiger partial charge in [-0.15, -0.1) is 0 Å². The largest absolute Gasteiger partial charge is 0.457 e. The van der Waals surface area contributed by atoms with Crippen LogP contribution >= 0.6 is 0 Å². The number of esters is 2. The van der Waals surface area contributed by atoms with Gasteiger partial charge in [-0.2, -0.15) is 0 Å². The van der Waals surface area contributed by atoms with Gasteiger partial charge in [0.25, 0.3) is 0 Å². The quantitative estimate of drug-likeness (QED) is 0.183. The molecule has 0 saturated heterocycles. The maximum atomic E-state index is 11.5. The summed E-state index contributed by atoms with van der Waals surface area (Å²) in [6.07, 6.45) is 17.6. The summed E-state index contributed by atoms with van der Waals surface area (Å²) in [5.41, 5.74) is 0. The van der Waals surface area contributed by atoms with Gasteiger partial charge in [-0.05, 0) is 12.8 Å². The van der Waals surface area contributed by atoms with Gasteiger partial charge in [0.15, 0.2) is 0 Å². The molecule has 0 aromatic heterocycles. The molecule has 25 heavy (non-hydrogen) atoms. The van der Waals surface area contributed by atoms with Crippen molar-refractivity contribution in [2.24, 2.45) is 0 Å². The van der Waals surface area contributed by atoms with E-state index in [-0.39, 0.29) is 0 Å². The van der Waals surface area contributed by atoms with Crippen LogP contribution in [0.1, 0.15) is 110 Å². The highest BCUT2D eigenvalue weighted by Gasteiger charge is 2.16. The van der Waals surface area contributed by atoms with E-state index < -0.39 is 11.9 Å². The summed E-state index contributed by atoms with van der Waals surface area (Å²) < 4.78 is 9.91. The van der Waals surface area contributed by atoms with E-state index in [1.54, 1.807) is 0 Å². The van der Waals surface area contributed by atoms with Crippen molar-refractivity contribution in [2.45, 2.75) is 110 Å². The van der Waals surface area contributed by atoms with Crippen molar-refractivity contribution < 1.29 is 19.1 Å². The Bertz CT molecular complexity index is 315. The van der Waals surface area contributed by atoms with Gasteiger partial charge in [0.1, 0.15) is 0 Å². The van der Waals surface area contributed by atoms with E-state index in [2.05, 4.69) is 13.8 Å². The predicted octanol–water partition coefficient (Wildman–Crippen LogP) is 5.96. The second kappa shape index (κ2) is 19.3. The second-order valence-electron chi connectivity index (χ2n) is 6.87. The van der Waals surface area contributed by atoms with Crippen molar-refractivity contribution in [3.63, 3.8) is 0 Å². The molecule has 0 fully saturated rings. The molecule has 0 aliphatic carbocycles. The molecule has 0 aromatic rings. The van der Waals surface area contributed by atoms with Gasteiger partial charge in [0.2, 0.25) is 0 Å². The Morgan fingerprint density at radius 1 is 0.480 bits per heavy atom. The van der Waals surface area contributed by atoms with Crippen molar-refractivity contribution in [2.75, 3.05) is 13.2 Å². The third-order valence-electron chi connectivity index (χ3n) is 4.38. The summed E-state index contributed by atoms with van der Waals surface area (Å²) in [5, 5.41) is 0. The lowest BCUT2D eigenvalue weighted by Gasteiger charge is -2.06. The predicted molar refractivity (Wildman–Crippen MR) is 103 cm³/mol. The molecule has 0 rings (SSSR count). The van der Waals surface area contributed by atoms with Gasteiger partial charge < -0.3 is 9.47 Å². The maximum Gasteiger partial charge on any atom is 0.417 e. The fourth-order valence-electron chi connectivity index (χ4n) is 2.74. The zero-order valence-electron chi connectivity index (χ0n) is 16.7. The van der Waals surface area contributed by atoms with E-state index in [0.29, 0.717) is 13.2 Å². The monoisotopic (exact) mass is 356 g/mol. The lowest BCUT2D eigenvalue weighted by Crippen LogP contribution is -2.21. The molecule has 148 valence electrons. The molecule has 4 nitrogen and oxygen atoms in total. The summed E-state index contributed by atoms with van der Waals surface area (Å²) >= 11 is 0. The highest BCUT2D eigenvalue weighted by atomic mass is 16.6. The second-order valence-corrected chi connectivity index (χ2v) is 6.87. The number of ether oxygens (including phenoxy) is 2. The number of unbranched alkanes of at least 4 members (excludes halogenated alkanes) is 13. The van der Waals surface area contributed by atoms with Crippen LogP contribution in [-0.4, -0.2) is 25.2 Å². The molecule has 0 N–H and O–H groups in total. The maximum absolute atomic E-state index is 11.5. The minimum atomic E-state index is -0.842. The first kappa shape index (κ1) is 23.9. The van der Waals surface area contributed by atoms with Gasteiger partial charge in [-0.3, -0.25) is 0 Å². The molecule has 0 atom stereocenters. The standard InChI is InChI=1S/C21H40O4/c1-3-5-7-9-11-13-15-17-19-25-21(23)20(22)24-18-16-14-12-10-8-6-4-2/h3-19H2,1-2H3. The third-order valence-corrected chi connectivity index (χ3v) is 4.38. The summed E-state index contributed by atoms with van der Waals surface area (Å²) in [6.45, 7) is 5.06. The minimum absolute atomic E-state index is 0.319. The zero-order valence-corrected chi connectivity index (χ0v) is 16.7. The summed E-state index contributed by atoms with van der Waals surface area (Å²) in [4.78, 5) is 23.0. The van der Waals surface area contributed by atoms with Crippen LogP contribution in [0.2, 0.25) is 0 Å². The van der Waals surface area contributed by atoms with Gasteiger partial charge in [0.05, 0.1) is 13.2 Å². The molecule has 0 aliphatic rings. The number of carbonyl (C=O) groups excluding carboxylic acids is 2. The molecule has 4 heteroatoms. The average Bonchev–Trinajstić information content (AvgIpc) is 2.62.